The predicted molar refractivity (Wildman–Crippen MR) is 133 cm³/mol. The lowest BCUT2D eigenvalue weighted by Gasteiger charge is -2.09. The van der Waals surface area contributed by atoms with Crippen molar-refractivity contribution in [2.45, 2.75) is 11.7 Å². The Balaban J connectivity index is 1.44. The van der Waals surface area contributed by atoms with Crippen LogP contribution < -0.4 is 5.32 Å². The summed E-state index contributed by atoms with van der Waals surface area (Å²) in [4.78, 5) is 17.0. The Labute approximate surface area is 203 Å². The van der Waals surface area contributed by atoms with Crippen LogP contribution in [0.1, 0.15) is 0 Å². The van der Waals surface area contributed by atoms with Crippen LogP contribution in [0, 0.1) is 0 Å². The zero-order chi connectivity index (χ0) is 22.5. The lowest BCUT2D eigenvalue weighted by Crippen LogP contribution is -2.14. The van der Waals surface area contributed by atoms with Crippen molar-refractivity contribution in [2.75, 3.05) is 11.1 Å². The molecule has 1 N–H and O–H groups in total. The molecule has 0 bridgehead atoms. The minimum atomic E-state index is -0.178. The highest BCUT2D eigenvalue weighted by Gasteiger charge is 2.17. The number of carbonyl (C=O) groups is 1. The number of anilines is 1. The van der Waals surface area contributed by atoms with Gasteiger partial charge in [0.05, 0.1) is 16.5 Å². The molecule has 32 heavy (non-hydrogen) atoms. The van der Waals surface area contributed by atoms with Crippen LogP contribution in [0.4, 0.5) is 5.13 Å². The second-order valence-electron chi connectivity index (χ2n) is 6.57. The van der Waals surface area contributed by atoms with E-state index in [9.17, 15) is 4.79 Å². The van der Waals surface area contributed by atoms with Crippen molar-refractivity contribution in [3.63, 3.8) is 0 Å². The van der Waals surface area contributed by atoms with Crippen molar-refractivity contribution >= 4 is 57.3 Å². The lowest BCUT2D eigenvalue weighted by molar-refractivity contribution is -0.113. The third-order valence-electron chi connectivity index (χ3n) is 4.35. The van der Waals surface area contributed by atoms with E-state index in [1.807, 2.05) is 40.3 Å². The van der Waals surface area contributed by atoms with Gasteiger partial charge in [0.1, 0.15) is 0 Å². The molecule has 0 unspecified atom stereocenters. The summed E-state index contributed by atoms with van der Waals surface area (Å²) in [6, 6.07) is 15.0. The van der Waals surface area contributed by atoms with Crippen LogP contribution in [0.15, 0.2) is 71.7 Å². The summed E-state index contributed by atoms with van der Waals surface area (Å²) in [5.74, 6) is 0.564. The molecule has 0 radical (unpaired) electrons. The summed E-state index contributed by atoms with van der Waals surface area (Å²) in [5.41, 5.74) is 2.54. The number of allylic oxidation sites excluding steroid dienone is 1. The van der Waals surface area contributed by atoms with E-state index in [4.69, 9.17) is 23.2 Å². The van der Waals surface area contributed by atoms with E-state index >= 15 is 0 Å². The molecule has 2 heterocycles. The van der Waals surface area contributed by atoms with Gasteiger partial charge >= 0.3 is 0 Å². The standard InChI is InChI=1S/C22H17Cl2N5OS2/c1-2-10-29-20(16-9-8-15(23)11-17(16)24)27-28-22(29)32-13-19(30)26-21-25-18(12-31-21)14-6-4-3-5-7-14/h2-9,11-12H,1,10,13H2,(H,25,26,30). The molecule has 0 saturated carbocycles. The normalized spacial score (nSPS) is 10.8. The molecular formula is C22H17Cl2N5OS2. The van der Waals surface area contributed by atoms with E-state index in [1.165, 1.54) is 23.1 Å². The number of nitrogens with zero attached hydrogens (tertiary/aromatic N) is 4. The maximum absolute atomic E-state index is 12.5. The number of hydrogen-bond acceptors (Lipinski definition) is 6. The Kier molecular flexibility index (Phi) is 7.26. The lowest BCUT2D eigenvalue weighted by atomic mass is 10.2. The molecule has 0 atom stereocenters. The van der Waals surface area contributed by atoms with Crippen molar-refractivity contribution in [3.8, 4) is 22.6 Å². The fourth-order valence-corrected chi connectivity index (χ4v) is 4.89. The van der Waals surface area contributed by atoms with Crippen LogP contribution in [0.5, 0.6) is 0 Å². The van der Waals surface area contributed by atoms with Crippen LogP contribution in [0.25, 0.3) is 22.6 Å². The van der Waals surface area contributed by atoms with E-state index in [0.717, 1.165) is 11.3 Å². The molecule has 4 rings (SSSR count). The van der Waals surface area contributed by atoms with Gasteiger partial charge in [0, 0.05) is 28.1 Å². The van der Waals surface area contributed by atoms with Gasteiger partial charge in [0.2, 0.25) is 5.91 Å². The van der Waals surface area contributed by atoms with E-state index in [0.29, 0.717) is 38.3 Å². The largest absolute Gasteiger partial charge is 0.301 e. The molecule has 0 fully saturated rings. The summed E-state index contributed by atoms with van der Waals surface area (Å²) in [5, 5.41) is 15.4. The zero-order valence-corrected chi connectivity index (χ0v) is 19.8. The number of amides is 1. The van der Waals surface area contributed by atoms with Gasteiger partial charge in [-0.2, -0.15) is 0 Å². The minimum absolute atomic E-state index is 0.157. The Morgan fingerprint density at radius 1 is 1.19 bits per heavy atom. The summed E-state index contributed by atoms with van der Waals surface area (Å²) >= 11 is 15.0. The third kappa shape index (κ3) is 5.21. The average Bonchev–Trinajstić information content (AvgIpc) is 3.41. The van der Waals surface area contributed by atoms with Gasteiger partial charge in [-0.15, -0.1) is 28.1 Å². The summed E-state index contributed by atoms with van der Waals surface area (Å²) in [7, 11) is 0. The number of carbonyl (C=O) groups excluding carboxylic acids is 1. The molecule has 6 nitrogen and oxygen atoms in total. The average molecular weight is 502 g/mol. The highest BCUT2D eigenvalue weighted by Crippen LogP contribution is 2.31. The number of thioether (sulfide) groups is 1. The summed E-state index contributed by atoms with van der Waals surface area (Å²) in [6.45, 7) is 4.27. The van der Waals surface area contributed by atoms with Crippen LogP contribution in [-0.2, 0) is 11.3 Å². The molecule has 2 aromatic carbocycles. The summed E-state index contributed by atoms with van der Waals surface area (Å²) in [6.07, 6.45) is 1.74. The van der Waals surface area contributed by atoms with Crippen molar-refractivity contribution < 1.29 is 4.79 Å². The highest BCUT2D eigenvalue weighted by atomic mass is 35.5. The quantitative estimate of drug-likeness (QED) is 0.226. The van der Waals surface area contributed by atoms with Gasteiger partial charge in [-0.3, -0.25) is 9.36 Å². The van der Waals surface area contributed by atoms with Crippen LogP contribution in [0.2, 0.25) is 10.0 Å². The second-order valence-corrected chi connectivity index (χ2v) is 9.21. The Morgan fingerprint density at radius 2 is 2.00 bits per heavy atom. The van der Waals surface area contributed by atoms with Crippen molar-refractivity contribution in [3.05, 3.63) is 76.6 Å². The molecule has 10 heteroatoms. The number of hydrogen-bond donors (Lipinski definition) is 1. The van der Waals surface area contributed by atoms with Crippen LogP contribution in [0.3, 0.4) is 0 Å². The maximum atomic E-state index is 12.5. The molecule has 0 aliphatic heterocycles. The maximum Gasteiger partial charge on any atom is 0.236 e. The van der Waals surface area contributed by atoms with Gasteiger partial charge in [-0.05, 0) is 18.2 Å². The number of benzene rings is 2. The fraction of sp³-hybridized carbons (Fsp3) is 0.0909. The molecule has 2 aromatic heterocycles. The van der Waals surface area contributed by atoms with Gasteiger partial charge < -0.3 is 5.32 Å². The SMILES string of the molecule is C=CCn1c(SCC(=O)Nc2nc(-c3ccccc3)cs2)nnc1-c1ccc(Cl)cc1Cl. The number of halogens is 2. The van der Waals surface area contributed by atoms with Crippen molar-refractivity contribution in [2.24, 2.45) is 0 Å². The second kappa shape index (κ2) is 10.3. The molecule has 162 valence electrons. The number of nitrogens with one attached hydrogen (secondary N) is 1. The van der Waals surface area contributed by atoms with Crippen molar-refractivity contribution in [1.29, 1.82) is 0 Å². The predicted octanol–water partition coefficient (Wildman–Crippen LogP) is 6.29. The van der Waals surface area contributed by atoms with Gasteiger partial charge in [-0.1, -0.05) is 71.4 Å². The molecule has 0 saturated heterocycles. The van der Waals surface area contributed by atoms with E-state index in [2.05, 4.69) is 27.1 Å². The monoisotopic (exact) mass is 501 g/mol. The number of aromatic nitrogens is 4. The smallest absolute Gasteiger partial charge is 0.236 e. The van der Waals surface area contributed by atoms with Gasteiger partial charge in [-0.25, -0.2) is 4.98 Å². The van der Waals surface area contributed by atoms with Gasteiger partial charge in [0.25, 0.3) is 0 Å². The molecule has 0 aliphatic carbocycles. The zero-order valence-electron chi connectivity index (χ0n) is 16.7. The first-order chi connectivity index (χ1) is 15.5. The number of rotatable bonds is 8. The summed E-state index contributed by atoms with van der Waals surface area (Å²) < 4.78 is 1.86. The topological polar surface area (TPSA) is 72.7 Å². The highest BCUT2D eigenvalue weighted by molar-refractivity contribution is 7.99. The third-order valence-corrected chi connectivity index (χ3v) is 6.63. The van der Waals surface area contributed by atoms with Gasteiger partial charge in [0.15, 0.2) is 16.1 Å². The first-order valence-corrected chi connectivity index (χ1v) is 12.1. The first kappa shape index (κ1) is 22.5. The molecular weight excluding hydrogens is 485 g/mol. The fourth-order valence-electron chi connectivity index (χ4n) is 2.92. The molecule has 0 aliphatic rings. The van der Waals surface area contributed by atoms with Crippen molar-refractivity contribution in [1.82, 2.24) is 19.7 Å². The van der Waals surface area contributed by atoms with E-state index in [1.54, 1.807) is 24.3 Å². The Hall–Kier alpha value is -2.65. The van der Waals surface area contributed by atoms with E-state index in [-0.39, 0.29) is 11.7 Å². The Bertz CT molecular complexity index is 1260. The molecule has 4 aromatic rings. The van der Waals surface area contributed by atoms with Crippen LogP contribution in [-0.4, -0.2) is 31.4 Å². The molecule has 0 spiro atoms. The first-order valence-electron chi connectivity index (χ1n) is 9.48. The van der Waals surface area contributed by atoms with E-state index < -0.39 is 0 Å². The molecule has 1 amide bonds. The Morgan fingerprint density at radius 3 is 2.75 bits per heavy atom. The minimum Gasteiger partial charge on any atom is -0.301 e. The number of thiazole rings is 1. The van der Waals surface area contributed by atoms with Crippen LogP contribution >= 0.6 is 46.3 Å².